The highest BCUT2D eigenvalue weighted by Gasteiger charge is 1.96. The molecule has 0 aromatic heterocycles. The van der Waals surface area contributed by atoms with Gasteiger partial charge in [0, 0.05) is 8.86 Å². The van der Waals surface area contributed by atoms with Gasteiger partial charge in [-0.15, -0.1) is 0 Å². The molecular weight excluding hydrogens is 362 g/mol. The maximum atomic E-state index is 2.40. The Balaban J connectivity index is 2.99. The smallest absolute Gasteiger partial charge is 0.0249 e. The zero-order chi connectivity index (χ0) is 8.27. The summed E-state index contributed by atoms with van der Waals surface area (Å²) in [5.41, 5.74) is 4.31. The summed E-state index contributed by atoms with van der Waals surface area (Å²) in [6.07, 6.45) is 0. The number of halogens is 2. The maximum absolute atomic E-state index is 2.40. The number of hydrogen-bond donors (Lipinski definition) is 0. The van der Waals surface area contributed by atoms with Gasteiger partial charge in [-0.1, -0.05) is 63.4 Å². The molecule has 2 heteroatoms. The molecule has 0 amide bonds. The van der Waals surface area contributed by atoms with Crippen LogP contribution in [0.3, 0.4) is 0 Å². The van der Waals surface area contributed by atoms with E-state index in [0.29, 0.717) is 0 Å². The molecule has 0 aliphatic heterocycles. The average Bonchev–Trinajstić information content (AvgIpc) is 2.04. The van der Waals surface area contributed by atoms with Crippen LogP contribution in [-0.4, -0.2) is 0 Å². The van der Waals surface area contributed by atoms with Gasteiger partial charge >= 0.3 is 0 Å². The van der Waals surface area contributed by atoms with Crippen molar-refractivity contribution in [2.24, 2.45) is 0 Å². The number of benzene rings is 1. The highest BCUT2D eigenvalue weighted by atomic mass is 127. The normalized spacial score (nSPS) is 10.1. The Bertz CT molecular complexity index is 243. The molecule has 0 saturated heterocycles. The van der Waals surface area contributed by atoms with Gasteiger partial charge in [0.2, 0.25) is 0 Å². The zero-order valence-electron chi connectivity index (χ0n) is 6.40. The topological polar surface area (TPSA) is 0 Å². The van der Waals surface area contributed by atoms with E-state index < -0.39 is 0 Å². The monoisotopic (exact) mass is 372 g/mol. The molecule has 0 atom stereocenters. The predicted octanol–water partition coefficient (Wildman–Crippen LogP) is 3.87. The van der Waals surface area contributed by atoms with E-state index in [1.807, 2.05) is 0 Å². The van der Waals surface area contributed by atoms with Crippen LogP contribution in [0.5, 0.6) is 0 Å². The van der Waals surface area contributed by atoms with Gasteiger partial charge in [0.1, 0.15) is 0 Å². The molecule has 0 aliphatic rings. The summed E-state index contributed by atoms with van der Waals surface area (Å²) in [5, 5.41) is 0. The van der Waals surface area contributed by atoms with E-state index in [4.69, 9.17) is 0 Å². The van der Waals surface area contributed by atoms with Gasteiger partial charge < -0.3 is 0 Å². The molecule has 0 bridgehead atoms. The summed E-state index contributed by atoms with van der Waals surface area (Å²) < 4.78 is 2.23. The lowest BCUT2D eigenvalue weighted by Crippen LogP contribution is -1.86. The maximum Gasteiger partial charge on any atom is 0.0249 e. The van der Waals surface area contributed by atoms with Crippen LogP contribution in [0.2, 0.25) is 0 Å². The lowest BCUT2D eigenvalue weighted by molar-refractivity contribution is 1.29. The van der Waals surface area contributed by atoms with E-state index in [2.05, 4.69) is 70.3 Å². The minimum atomic E-state index is 1.11. The van der Waals surface area contributed by atoms with Crippen molar-refractivity contribution in [1.29, 1.82) is 0 Å². The summed E-state index contributed by atoms with van der Waals surface area (Å²) in [5.74, 6) is 0. The van der Waals surface area contributed by atoms with E-state index in [9.17, 15) is 0 Å². The van der Waals surface area contributed by atoms with E-state index >= 15 is 0 Å². The molecule has 0 unspecified atom stereocenters. The van der Waals surface area contributed by atoms with Crippen LogP contribution >= 0.6 is 45.2 Å². The first-order valence-corrected chi connectivity index (χ1v) is 6.53. The van der Waals surface area contributed by atoms with Crippen molar-refractivity contribution in [2.75, 3.05) is 0 Å². The summed E-state index contributed by atoms with van der Waals surface area (Å²) in [6, 6.07) is 6.73. The summed E-state index contributed by atoms with van der Waals surface area (Å²) in [4.78, 5) is 0. The third-order valence-corrected chi connectivity index (χ3v) is 3.41. The molecule has 0 heterocycles. The second-order valence-corrected chi connectivity index (χ2v) is 4.05. The third-order valence-electron chi connectivity index (χ3n) is 1.71. The zero-order valence-corrected chi connectivity index (χ0v) is 10.7. The van der Waals surface area contributed by atoms with Crippen molar-refractivity contribution in [3.8, 4) is 0 Å². The van der Waals surface area contributed by atoms with Gasteiger partial charge in [0.25, 0.3) is 0 Å². The Morgan fingerprint density at radius 1 is 1.18 bits per heavy atom. The predicted molar refractivity (Wildman–Crippen MR) is 66.6 cm³/mol. The van der Waals surface area contributed by atoms with Gasteiger partial charge in [-0.05, 0) is 23.6 Å². The lowest BCUT2D eigenvalue weighted by Gasteiger charge is -2.03. The van der Waals surface area contributed by atoms with Crippen LogP contribution in [0, 0.1) is 6.92 Å². The van der Waals surface area contributed by atoms with Gasteiger partial charge in [-0.3, -0.25) is 0 Å². The molecule has 0 fully saturated rings. The van der Waals surface area contributed by atoms with E-state index in [1.165, 1.54) is 16.7 Å². The molecule has 0 saturated carbocycles. The molecular formula is C9H10I2. The number of rotatable bonds is 2. The summed E-state index contributed by atoms with van der Waals surface area (Å²) in [6.45, 7) is 2.18. The minimum Gasteiger partial charge on any atom is -0.0812 e. The van der Waals surface area contributed by atoms with Crippen molar-refractivity contribution in [1.82, 2.24) is 0 Å². The van der Waals surface area contributed by atoms with Gasteiger partial charge in [-0.2, -0.15) is 0 Å². The lowest BCUT2D eigenvalue weighted by atomic mass is 10.1. The van der Waals surface area contributed by atoms with Crippen molar-refractivity contribution in [2.45, 2.75) is 15.8 Å². The first kappa shape index (κ1) is 9.77. The van der Waals surface area contributed by atoms with Gasteiger partial charge in [0.05, 0.1) is 0 Å². The fourth-order valence-electron chi connectivity index (χ4n) is 0.991. The molecule has 0 nitrogen and oxygen atoms in total. The Labute approximate surface area is 95.0 Å². The number of hydrogen-bond acceptors (Lipinski definition) is 0. The largest absolute Gasteiger partial charge is 0.0812 e. The fraction of sp³-hybridized carbons (Fsp3) is 0.333. The van der Waals surface area contributed by atoms with Crippen molar-refractivity contribution >= 4 is 45.2 Å². The van der Waals surface area contributed by atoms with Crippen LogP contribution in [0.4, 0.5) is 0 Å². The van der Waals surface area contributed by atoms with E-state index in [0.717, 1.165) is 8.86 Å². The first-order valence-electron chi connectivity index (χ1n) is 3.48. The summed E-state index contributed by atoms with van der Waals surface area (Å²) in [7, 11) is 0. The highest BCUT2D eigenvalue weighted by molar-refractivity contribution is 14.1. The Kier molecular flexibility index (Phi) is 4.12. The van der Waals surface area contributed by atoms with Crippen LogP contribution in [-0.2, 0) is 8.86 Å². The second kappa shape index (κ2) is 4.64. The Morgan fingerprint density at radius 2 is 1.91 bits per heavy atom. The SMILES string of the molecule is Cc1cc(CI)ccc1CI. The highest BCUT2D eigenvalue weighted by Crippen LogP contribution is 2.15. The van der Waals surface area contributed by atoms with Crippen molar-refractivity contribution in [3.63, 3.8) is 0 Å². The summed E-state index contributed by atoms with van der Waals surface area (Å²) >= 11 is 4.79. The molecule has 60 valence electrons. The first-order chi connectivity index (χ1) is 5.27. The molecule has 1 rings (SSSR count). The van der Waals surface area contributed by atoms with E-state index in [-0.39, 0.29) is 0 Å². The quantitative estimate of drug-likeness (QED) is 0.547. The van der Waals surface area contributed by atoms with Crippen LogP contribution in [0.25, 0.3) is 0 Å². The number of aryl methyl sites for hydroxylation is 1. The van der Waals surface area contributed by atoms with Crippen molar-refractivity contribution < 1.29 is 0 Å². The number of alkyl halides is 2. The standard InChI is InChI=1S/C9H10I2/c1-7-4-8(5-10)2-3-9(7)6-11/h2-4H,5-6H2,1H3. The molecule has 11 heavy (non-hydrogen) atoms. The van der Waals surface area contributed by atoms with Crippen LogP contribution in [0.15, 0.2) is 18.2 Å². The van der Waals surface area contributed by atoms with Crippen LogP contribution in [0.1, 0.15) is 16.7 Å². The fourth-order valence-corrected chi connectivity index (χ4v) is 2.32. The Morgan fingerprint density at radius 3 is 2.36 bits per heavy atom. The van der Waals surface area contributed by atoms with Gasteiger partial charge in [-0.25, -0.2) is 0 Å². The minimum absolute atomic E-state index is 1.11. The second-order valence-electron chi connectivity index (χ2n) is 2.53. The molecule has 1 aromatic rings. The molecule has 0 N–H and O–H groups in total. The Hall–Kier alpha value is 0.680. The molecule has 0 spiro atoms. The van der Waals surface area contributed by atoms with Gasteiger partial charge in [0.15, 0.2) is 0 Å². The average molecular weight is 372 g/mol. The molecule has 1 aromatic carbocycles. The van der Waals surface area contributed by atoms with Crippen LogP contribution < -0.4 is 0 Å². The molecule has 0 radical (unpaired) electrons. The third kappa shape index (κ3) is 2.57. The van der Waals surface area contributed by atoms with Crippen molar-refractivity contribution in [3.05, 3.63) is 34.9 Å². The molecule has 0 aliphatic carbocycles. The van der Waals surface area contributed by atoms with E-state index in [1.54, 1.807) is 0 Å².